The van der Waals surface area contributed by atoms with Gasteiger partial charge in [-0.25, -0.2) is 0 Å². The maximum absolute atomic E-state index is 11.4. The minimum Gasteiger partial charge on any atom is -0.354 e. The molecular weight excluding hydrogens is 192 g/mol. The predicted molar refractivity (Wildman–Crippen MR) is 60.3 cm³/mol. The number of carbonyl (C=O) groups is 2. The third kappa shape index (κ3) is 6.94. The molecule has 0 saturated heterocycles. The molecule has 1 unspecified atom stereocenters. The SMILES string of the molecule is CC(C)NC(=O)CC(C)NC(=O)C(C)C. The van der Waals surface area contributed by atoms with E-state index in [4.69, 9.17) is 0 Å². The van der Waals surface area contributed by atoms with Crippen LogP contribution in [0.5, 0.6) is 0 Å². The molecule has 0 aromatic heterocycles. The minimum atomic E-state index is -0.112. The quantitative estimate of drug-likeness (QED) is 0.719. The highest BCUT2D eigenvalue weighted by Gasteiger charge is 2.14. The molecule has 0 radical (unpaired) electrons. The molecule has 0 rings (SSSR count). The molecule has 0 aliphatic rings. The van der Waals surface area contributed by atoms with Crippen LogP contribution in [0.25, 0.3) is 0 Å². The van der Waals surface area contributed by atoms with Crippen LogP contribution in [0.4, 0.5) is 0 Å². The largest absolute Gasteiger partial charge is 0.354 e. The molecule has 4 heteroatoms. The van der Waals surface area contributed by atoms with Gasteiger partial charge in [0.05, 0.1) is 0 Å². The van der Waals surface area contributed by atoms with E-state index in [2.05, 4.69) is 10.6 Å². The first-order valence-electron chi connectivity index (χ1n) is 5.42. The molecule has 0 heterocycles. The summed E-state index contributed by atoms with van der Waals surface area (Å²) in [5.41, 5.74) is 0. The lowest BCUT2D eigenvalue weighted by Gasteiger charge is -2.16. The van der Waals surface area contributed by atoms with Crippen LogP contribution in [-0.4, -0.2) is 23.9 Å². The van der Waals surface area contributed by atoms with Crippen molar-refractivity contribution in [1.29, 1.82) is 0 Å². The third-order valence-electron chi connectivity index (χ3n) is 1.85. The Hall–Kier alpha value is -1.06. The highest BCUT2D eigenvalue weighted by atomic mass is 16.2. The highest BCUT2D eigenvalue weighted by Crippen LogP contribution is 1.96. The summed E-state index contributed by atoms with van der Waals surface area (Å²) in [6, 6.07) is 0.0316. The molecule has 0 saturated carbocycles. The molecule has 0 aliphatic carbocycles. The molecule has 2 amide bonds. The van der Waals surface area contributed by atoms with E-state index < -0.39 is 0 Å². The van der Waals surface area contributed by atoms with Crippen molar-refractivity contribution in [2.45, 2.75) is 53.1 Å². The van der Waals surface area contributed by atoms with Gasteiger partial charge in [0.25, 0.3) is 0 Å². The molecule has 15 heavy (non-hydrogen) atoms. The molecule has 2 N–H and O–H groups in total. The zero-order chi connectivity index (χ0) is 12.0. The zero-order valence-electron chi connectivity index (χ0n) is 10.3. The second-order valence-electron chi connectivity index (χ2n) is 4.49. The normalized spacial score (nSPS) is 12.7. The second-order valence-corrected chi connectivity index (χ2v) is 4.49. The summed E-state index contributed by atoms with van der Waals surface area (Å²) in [7, 11) is 0. The van der Waals surface area contributed by atoms with Crippen LogP contribution < -0.4 is 10.6 Å². The molecule has 0 fully saturated rings. The summed E-state index contributed by atoms with van der Waals surface area (Å²) in [6.07, 6.45) is 0.330. The summed E-state index contributed by atoms with van der Waals surface area (Å²) in [6.45, 7) is 9.32. The highest BCUT2D eigenvalue weighted by molar-refractivity contribution is 5.80. The van der Waals surface area contributed by atoms with Crippen molar-refractivity contribution in [3.8, 4) is 0 Å². The molecule has 0 aliphatic heterocycles. The van der Waals surface area contributed by atoms with E-state index in [9.17, 15) is 9.59 Å². The van der Waals surface area contributed by atoms with Gasteiger partial charge in [-0.3, -0.25) is 9.59 Å². The molecule has 0 aromatic carbocycles. The molecule has 0 spiro atoms. The molecular formula is C11H22N2O2. The standard InChI is InChI=1S/C11H22N2O2/c1-7(2)11(15)13-9(5)6-10(14)12-8(3)4/h7-9H,6H2,1-5H3,(H,12,14)(H,13,15). The van der Waals surface area contributed by atoms with Gasteiger partial charge in [-0.2, -0.15) is 0 Å². The molecule has 4 nitrogen and oxygen atoms in total. The van der Waals surface area contributed by atoms with Gasteiger partial charge in [-0.15, -0.1) is 0 Å². The van der Waals surface area contributed by atoms with E-state index in [1.165, 1.54) is 0 Å². The minimum absolute atomic E-state index is 0.0140. The molecule has 1 atom stereocenters. The lowest BCUT2D eigenvalue weighted by molar-refractivity contribution is -0.125. The van der Waals surface area contributed by atoms with Crippen LogP contribution in [0.15, 0.2) is 0 Å². The van der Waals surface area contributed by atoms with E-state index in [1.807, 2.05) is 34.6 Å². The molecule has 0 bridgehead atoms. The van der Waals surface area contributed by atoms with E-state index in [1.54, 1.807) is 0 Å². The van der Waals surface area contributed by atoms with Crippen LogP contribution in [-0.2, 0) is 9.59 Å². The third-order valence-corrected chi connectivity index (χ3v) is 1.85. The maximum atomic E-state index is 11.4. The van der Waals surface area contributed by atoms with Crippen molar-refractivity contribution in [3.05, 3.63) is 0 Å². The van der Waals surface area contributed by atoms with Crippen molar-refractivity contribution in [2.24, 2.45) is 5.92 Å². The Morgan fingerprint density at radius 2 is 1.53 bits per heavy atom. The number of nitrogens with one attached hydrogen (secondary N) is 2. The number of amides is 2. The van der Waals surface area contributed by atoms with Gasteiger partial charge in [-0.1, -0.05) is 13.8 Å². The fraction of sp³-hybridized carbons (Fsp3) is 0.818. The maximum Gasteiger partial charge on any atom is 0.222 e. The van der Waals surface area contributed by atoms with E-state index in [0.717, 1.165) is 0 Å². The first kappa shape index (κ1) is 13.9. The number of rotatable bonds is 5. The average Bonchev–Trinajstić information content (AvgIpc) is 2.00. The Morgan fingerprint density at radius 3 is 1.93 bits per heavy atom. The Bertz CT molecular complexity index is 225. The second kappa shape index (κ2) is 6.43. The number of hydrogen-bond donors (Lipinski definition) is 2. The zero-order valence-corrected chi connectivity index (χ0v) is 10.3. The lowest BCUT2D eigenvalue weighted by atomic mass is 10.1. The van der Waals surface area contributed by atoms with Gasteiger partial charge in [0.2, 0.25) is 11.8 Å². The van der Waals surface area contributed by atoms with Gasteiger partial charge in [-0.05, 0) is 20.8 Å². The van der Waals surface area contributed by atoms with Crippen molar-refractivity contribution in [2.75, 3.05) is 0 Å². The summed E-state index contributed by atoms with van der Waals surface area (Å²) >= 11 is 0. The summed E-state index contributed by atoms with van der Waals surface area (Å²) < 4.78 is 0. The van der Waals surface area contributed by atoms with E-state index in [0.29, 0.717) is 6.42 Å². The van der Waals surface area contributed by atoms with Gasteiger partial charge < -0.3 is 10.6 Å². The topological polar surface area (TPSA) is 58.2 Å². The first-order valence-corrected chi connectivity index (χ1v) is 5.42. The van der Waals surface area contributed by atoms with Crippen LogP contribution in [0.2, 0.25) is 0 Å². The fourth-order valence-corrected chi connectivity index (χ4v) is 1.12. The Kier molecular flexibility index (Phi) is 5.97. The van der Waals surface area contributed by atoms with Crippen LogP contribution in [0.1, 0.15) is 41.0 Å². The smallest absolute Gasteiger partial charge is 0.222 e. The van der Waals surface area contributed by atoms with Gasteiger partial charge >= 0.3 is 0 Å². The Balaban J connectivity index is 3.88. The summed E-state index contributed by atoms with van der Waals surface area (Å²) in [4.78, 5) is 22.7. The van der Waals surface area contributed by atoms with Crippen LogP contribution in [0.3, 0.4) is 0 Å². The van der Waals surface area contributed by atoms with Crippen molar-refractivity contribution in [1.82, 2.24) is 10.6 Å². The van der Waals surface area contributed by atoms with Gasteiger partial charge in [0, 0.05) is 24.4 Å². The lowest BCUT2D eigenvalue weighted by Crippen LogP contribution is -2.40. The van der Waals surface area contributed by atoms with E-state index in [-0.39, 0.29) is 29.8 Å². The number of carbonyl (C=O) groups excluding carboxylic acids is 2. The molecule has 0 aromatic rings. The van der Waals surface area contributed by atoms with Crippen LogP contribution in [0, 0.1) is 5.92 Å². The van der Waals surface area contributed by atoms with Crippen LogP contribution >= 0.6 is 0 Å². The summed E-state index contributed by atoms with van der Waals surface area (Å²) in [5.74, 6) is -0.0815. The van der Waals surface area contributed by atoms with Gasteiger partial charge in [0.15, 0.2) is 0 Å². The van der Waals surface area contributed by atoms with Gasteiger partial charge in [0.1, 0.15) is 0 Å². The Morgan fingerprint density at radius 1 is 1.00 bits per heavy atom. The summed E-state index contributed by atoms with van der Waals surface area (Å²) in [5, 5.41) is 5.57. The molecule has 88 valence electrons. The van der Waals surface area contributed by atoms with E-state index >= 15 is 0 Å². The fourth-order valence-electron chi connectivity index (χ4n) is 1.12. The predicted octanol–water partition coefficient (Wildman–Crippen LogP) is 1.06. The first-order chi connectivity index (χ1) is 6.82. The average molecular weight is 214 g/mol. The van der Waals surface area contributed by atoms with Crippen molar-refractivity contribution < 1.29 is 9.59 Å². The Labute approximate surface area is 91.8 Å². The van der Waals surface area contributed by atoms with Crippen molar-refractivity contribution in [3.63, 3.8) is 0 Å². The van der Waals surface area contributed by atoms with Crippen molar-refractivity contribution >= 4 is 11.8 Å². The monoisotopic (exact) mass is 214 g/mol. The number of hydrogen-bond acceptors (Lipinski definition) is 2.